The van der Waals surface area contributed by atoms with Crippen LogP contribution in [0.2, 0.25) is 0 Å². The number of nitrogens with one attached hydrogen (secondary N) is 1. The molecule has 3 rings (SSSR count). The van der Waals surface area contributed by atoms with Gasteiger partial charge in [-0.15, -0.1) is 0 Å². The van der Waals surface area contributed by atoms with Gasteiger partial charge in [-0.1, -0.05) is 69.7 Å². The third-order valence-electron chi connectivity index (χ3n) is 5.32. The first-order valence-electron chi connectivity index (χ1n) is 10.3. The summed E-state index contributed by atoms with van der Waals surface area (Å²) < 4.78 is 35.1. The van der Waals surface area contributed by atoms with E-state index in [-0.39, 0.29) is 6.04 Å². The van der Waals surface area contributed by atoms with Crippen molar-refractivity contribution in [2.45, 2.75) is 75.6 Å². The fourth-order valence-corrected chi connectivity index (χ4v) is 5.33. The zero-order valence-corrected chi connectivity index (χ0v) is 17.1. The Labute approximate surface area is 163 Å². The van der Waals surface area contributed by atoms with Gasteiger partial charge in [0, 0.05) is 16.8 Å². The largest absolute Gasteiger partial charge is 0.493 e. The number of sulfonamides is 1. The van der Waals surface area contributed by atoms with Gasteiger partial charge in [0.05, 0.1) is 11.5 Å². The molecule has 2 aromatic carbocycles. The van der Waals surface area contributed by atoms with E-state index >= 15 is 0 Å². The molecule has 1 aliphatic carbocycles. The van der Waals surface area contributed by atoms with E-state index in [2.05, 4.69) is 11.6 Å². The summed E-state index contributed by atoms with van der Waals surface area (Å²) in [7, 11) is -3.55. The smallest absolute Gasteiger partial charge is 0.241 e. The SMILES string of the molecule is CCCCCOc1ccc(S(=O)(=O)NC2CCCCCC2)c2ccccc12. The molecule has 0 atom stereocenters. The Morgan fingerprint density at radius 3 is 2.37 bits per heavy atom. The van der Waals surface area contributed by atoms with Crippen molar-refractivity contribution in [1.29, 1.82) is 0 Å². The Hall–Kier alpha value is -1.59. The van der Waals surface area contributed by atoms with E-state index in [4.69, 9.17) is 4.74 Å². The molecule has 0 saturated heterocycles. The second-order valence-electron chi connectivity index (χ2n) is 7.47. The third-order valence-corrected chi connectivity index (χ3v) is 6.89. The Kier molecular flexibility index (Phi) is 7.13. The number of ether oxygens (including phenoxy) is 1. The molecule has 148 valence electrons. The van der Waals surface area contributed by atoms with Gasteiger partial charge in [0.15, 0.2) is 0 Å². The summed E-state index contributed by atoms with van der Waals surface area (Å²) in [4.78, 5) is 0.350. The Morgan fingerprint density at radius 2 is 1.67 bits per heavy atom. The topological polar surface area (TPSA) is 55.4 Å². The molecule has 0 spiro atoms. The molecule has 1 aliphatic rings. The lowest BCUT2D eigenvalue weighted by atomic mass is 10.1. The molecule has 5 heteroatoms. The van der Waals surface area contributed by atoms with Crippen LogP contribution < -0.4 is 9.46 Å². The minimum Gasteiger partial charge on any atom is -0.493 e. The van der Waals surface area contributed by atoms with Gasteiger partial charge in [-0.2, -0.15) is 0 Å². The molecule has 0 heterocycles. The zero-order chi connectivity index (χ0) is 19.1. The summed E-state index contributed by atoms with van der Waals surface area (Å²) >= 11 is 0. The zero-order valence-electron chi connectivity index (χ0n) is 16.2. The van der Waals surface area contributed by atoms with Crippen LogP contribution >= 0.6 is 0 Å². The van der Waals surface area contributed by atoms with E-state index in [9.17, 15) is 8.42 Å². The molecule has 0 unspecified atom stereocenters. The van der Waals surface area contributed by atoms with Crippen molar-refractivity contribution in [3.05, 3.63) is 36.4 Å². The van der Waals surface area contributed by atoms with Gasteiger partial charge < -0.3 is 4.74 Å². The molecule has 4 nitrogen and oxygen atoms in total. The second-order valence-corrected chi connectivity index (χ2v) is 9.16. The lowest BCUT2D eigenvalue weighted by Crippen LogP contribution is -2.34. The van der Waals surface area contributed by atoms with Gasteiger partial charge in [0.2, 0.25) is 10.0 Å². The average Bonchev–Trinajstić information content (AvgIpc) is 2.93. The second kappa shape index (κ2) is 9.56. The number of benzene rings is 2. The van der Waals surface area contributed by atoms with Crippen LogP contribution in [0.15, 0.2) is 41.3 Å². The lowest BCUT2D eigenvalue weighted by Gasteiger charge is -2.18. The fraction of sp³-hybridized carbons (Fsp3) is 0.545. The van der Waals surface area contributed by atoms with Crippen LogP contribution in [0.3, 0.4) is 0 Å². The number of fused-ring (bicyclic) bond motifs is 1. The van der Waals surface area contributed by atoms with Gasteiger partial charge >= 0.3 is 0 Å². The number of hydrogen-bond donors (Lipinski definition) is 1. The summed E-state index contributed by atoms with van der Waals surface area (Å²) in [6.45, 7) is 2.82. The highest BCUT2D eigenvalue weighted by atomic mass is 32.2. The summed E-state index contributed by atoms with van der Waals surface area (Å²) in [5, 5.41) is 1.59. The van der Waals surface area contributed by atoms with Crippen LogP contribution in [0.25, 0.3) is 10.8 Å². The van der Waals surface area contributed by atoms with Crippen molar-refractivity contribution in [3.8, 4) is 5.75 Å². The van der Waals surface area contributed by atoms with Crippen LogP contribution in [0, 0.1) is 0 Å². The predicted molar refractivity (Wildman–Crippen MR) is 111 cm³/mol. The van der Waals surface area contributed by atoms with Crippen LogP contribution in [0.4, 0.5) is 0 Å². The molecule has 0 bridgehead atoms. The van der Waals surface area contributed by atoms with Crippen LogP contribution in [-0.2, 0) is 10.0 Å². The monoisotopic (exact) mass is 389 g/mol. The number of rotatable bonds is 8. The molecule has 27 heavy (non-hydrogen) atoms. The highest BCUT2D eigenvalue weighted by Crippen LogP contribution is 2.32. The van der Waals surface area contributed by atoms with E-state index in [0.717, 1.165) is 61.5 Å². The number of unbranched alkanes of at least 4 members (excludes halogenated alkanes) is 2. The van der Waals surface area contributed by atoms with Gasteiger partial charge in [-0.25, -0.2) is 13.1 Å². The van der Waals surface area contributed by atoms with Crippen molar-refractivity contribution >= 4 is 20.8 Å². The van der Waals surface area contributed by atoms with Gasteiger partial charge in [0.25, 0.3) is 0 Å². The number of hydrogen-bond acceptors (Lipinski definition) is 3. The van der Waals surface area contributed by atoms with Crippen molar-refractivity contribution < 1.29 is 13.2 Å². The van der Waals surface area contributed by atoms with Crippen LogP contribution in [0.5, 0.6) is 5.75 Å². The first-order valence-corrected chi connectivity index (χ1v) is 11.8. The standard InChI is InChI=1S/C22H31NO3S/c1-2-3-10-17-26-21-15-16-22(20-14-9-8-13-19(20)21)27(24,25)23-18-11-6-4-5-7-12-18/h8-9,13-16,18,23H,2-7,10-12,17H2,1H3. The molecular formula is C22H31NO3S. The first kappa shape index (κ1) is 20.2. The van der Waals surface area contributed by atoms with Gasteiger partial charge in [0.1, 0.15) is 5.75 Å². The van der Waals surface area contributed by atoms with E-state index < -0.39 is 10.0 Å². The van der Waals surface area contributed by atoms with E-state index in [0.29, 0.717) is 11.5 Å². The minimum absolute atomic E-state index is 0.0428. The summed E-state index contributed by atoms with van der Waals surface area (Å²) in [5.41, 5.74) is 0. The maximum atomic E-state index is 13.1. The average molecular weight is 390 g/mol. The summed E-state index contributed by atoms with van der Waals surface area (Å²) in [5.74, 6) is 0.759. The molecule has 0 aromatic heterocycles. The summed E-state index contributed by atoms with van der Waals surface area (Å²) in [6.07, 6.45) is 9.73. The fourth-order valence-electron chi connectivity index (χ4n) is 3.82. The van der Waals surface area contributed by atoms with Crippen molar-refractivity contribution in [1.82, 2.24) is 4.72 Å². The predicted octanol–water partition coefficient (Wildman–Crippen LogP) is 5.41. The van der Waals surface area contributed by atoms with Crippen LogP contribution in [-0.4, -0.2) is 21.1 Å². The third kappa shape index (κ3) is 5.23. The normalized spacial score (nSPS) is 16.3. The van der Waals surface area contributed by atoms with Gasteiger partial charge in [-0.05, 0) is 31.4 Å². The maximum Gasteiger partial charge on any atom is 0.241 e. The molecular weight excluding hydrogens is 358 g/mol. The minimum atomic E-state index is -3.55. The molecule has 1 N–H and O–H groups in total. The molecule has 0 amide bonds. The van der Waals surface area contributed by atoms with Crippen molar-refractivity contribution in [2.75, 3.05) is 6.61 Å². The summed E-state index contributed by atoms with van der Waals surface area (Å²) in [6, 6.07) is 11.2. The first-order chi connectivity index (χ1) is 13.1. The molecule has 0 aliphatic heterocycles. The highest BCUT2D eigenvalue weighted by Gasteiger charge is 2.23. The van der Waals surface area contributed by atoms with E-state index in [1.807, 2.05) is 24.3 Å². The maximum absolute atomic E-state index is 13.1. The van der Waals surface area contributed by atoms with Crippen LogP contribution in [0.1, 0.15) is 64.7 Å². The Bertz CT molecular complexity index is 840. The molecule has 2 aromatic rings. The molecule has 1 saturated carbocycles. The lowest BCUT2D eigenvalue weighted by molar-refractivity contribution is 0.309. The Morgan fingerprint density at radius 1 is 0.963 bits per heavy atom. The Balaban J connectivity index is 1.85. The van der Waals surface area contributed by atoms with E-state index in [1.54, 1.807) is 12.1 Å². The van der Waals surface area contributed by atoms with Crippen molar-refractivity contribution in [2.24, 2.45) is 0 Å². The van der Waals surface area contributed by atoms with Crippen molar-refractivity contribution in [3.63, 3.8) is 0 Å². The quantitative estimate of drug-likeness (QED) is 0.485. The molecule has 0 radical (unpaired) electrons. The molecule has 1 fully saturated rings. The highest BCUT2D eigenvalue weighted by molar-refractivity contribution is 7.89. The van der Waals surface area contributed by atoms with E-state index in [1.165, 1.54) is 12.8 Å². The van der Waals surface area contributed by atoms with Gasteiger partial charge in [-0.3, -0.25) is 0 Å².